The van der Waals surface area contributed by atoms with Gasteiger partial charge >= 0.3 is 8.80 Å². The summed E-state index contributed by atoms with van der Waals surface area (Å²) in [7, 11) is 2.07. The summed E-state index contributed by atoms with van der Waals surface area (Å²) < 4.78 is 21.6. The standard InChI is InChI=1S/C11H25NO4Si/c1-11(2,16-9-6-8-12)7-10-17(13-3,14-4)15-5/h7,10H,6,8-9,12H2,1-5H3/b10-7+. The fraction of sp³-hybridized carbons (Fsp3) is 0.818. The van der Waals surface area contributed by atoms with Crippen LogP contribution in [0.4, 0.5) is 0 Å². The smallest absolute Gasteiger partial charge is 0.374 e. The molecule has 0 saturated carbocycles. The molecule has 0 rings (SSSR count). The van der Waals surface area contributed by atoms with Crippen molar-refractivity contribution in [3.63, 3.8) is 0 Å². The zero-order chi connectivity index (χ0) is 13.4. The first-order chi connectivity index (χ1) is 7.95. The van der Waals surface area contributed by atoms with Gasteiger partial charge in [0, 0.05) is 27.9 Å². The summed E-state index contributed by atoms with van der Waals surface area (Å²) in [6.07, 6.45) is 2.75. The number of nitrogens with two attached hydrogens (primary N) is 1. The maximum Gasteiger partial charge on any atom is 0.528 e. The summed E-state index contributed by atoms with van der Waals surface area (Å²) in [6.45, 7) is 5.21. The van der Waals surface area contributed by atoms with E-state index < -0.39 is 8.80 Å². The highest BCUT2D eigenvalue weighted by atomic mass is 28.4. The van der Waals surface area contributed by atoms with E-state index in [2.05, 4.69) is 0 Å². The Hall–Kier alpha value is -0.243. The van der Waals surface area contributed by atoms with E-state index in [-0.39, 0.29) is 5.60 Å². The van der Waals surface area contributed by atoms with Crippen LogP contribution < -0.4 is 5.73 Å². The van der Waals surface area contributed by atoms with Crippen LogP contribution in [0.25, 0.3) is 0 Å². The highest BCUT2D eigenvalue weighted by Crippen LogP contribution is 2.15. The monoisotopic (exact) mass is 263 g/mol. The van der Waals surface area contributed by atoms with Gasteiger partial charge in [-0.05, 0) is 32.5 Å². The Kier molecular flexibility index (Phi) is 7.85. The molecule has 0 aliphatic heterocycles. The normalized spacial score (nSPS) is 13.5. The van der Waals surface area contributed by atoms with Gasteiger partial charge in [-0.2, -0.15) is 0 Å². The molecule has 2 N–H and O–H groups in total. The minimum atomic E-state index is -2.66. The van der Waals surface area contributed by atoms with Gasteiger partial charge < -0.3 is 23.7 Å². The molecule has 0 heterocycles. The highest BCUT2D eigenvalue weighted by molar-refractivity contribution is 6.66. The third-order valence-corrected chi connectivity index (χ3v) is 4.65. The molecule has 0 saturated heterocycles. The zero-order valence-electron chi connectivity index (χ0n) is 11.5. The lowest BCUT2D eigenvalue weighted by atomic mass is 10.1. The first-order valence-corrected chi connectivity index (χ1v) is 7.45. The van der Waals surface area contributed by atoms with Crippen LogP contribution in [0.1, 0.15) is 20.3 Å². The van der Waals surface area contributed by atoms with Crippen LogP contribution in [0.2, 0.25) is 0 Å². The molecule has 0 spiro atoms. The van der Waals surface area contributed by atoms with Gasteiger partial charge in [-0.3, -0.25) is 0 Å². The van der Waals surface area contributed by atoms with E-state index in [4.69, 9.17) is 23.7 Å². The summed E-state index contributed by atoms with van der Waals surface area (Å²) in [5.41, 5.74) is 6.86. The molecule has 0 aromatic rings. The summed E-state index contributed by atoms with van der Waals surface area (Å²) in [4.78, 5) is 0. The second kappa shape index (κ2) is 7.96. The van der Waals surface area contributed by atoms with E-state index >= 15 is 0 Å². The molecule has 17 heavy (non-hydrogen) atoms. The molecule has 0 aromatic carbocycles. The molecule has 0 aromatic heterocycles. The average molecular weight is 263 g/mol. The van der Waals surface area contributed by atoms with Crippen LogP contribution in [-0.2, 0) is 18.0 Å². The topological polar surface area (TPSA) is 62.9 Å². The van der Waals surface area contributed by atoms with Gasteiger partial charge in [-0.1, -0.05) is 6.08 Å². The van der Waals surface area contributed by atoms with E-state index in [1.54, 1.807) is 21.3 Å². The Morgan fingerprint density at radius 2 is 1.65 bits per heavy atom. The molecule has 0 bridgehead atoms. The fourth-order valence-corrected chi connectivity index (χ4v) is 2.74. The Labute approximate surface area is 105 Å². The average Bonchev–Trinajstić information content (AvgIpc) is 2.32. The maximum absolute atomic E-state index is 5.69. The SMILES string of the molecule is CO[Si](/C=C/C(C)(C)OCCCN)(OC)OC. The summed E-state index contributed by atoms with van der Waals surface area (Å²) in [5.74, 6) is 0. The number of hydrogen-bond acceptors (Lipinski definition) is 5. The predicted molar refractivity (Wildman–Crippen MR) is 69.6 cm³/mol. The second-order valence-electron chi connectivity index (χ2n) is 4.14. The number of rotatable bonds is 9. The number of ether oxygens (including phenoxy) is 1. The van der Waals surface area contributed by atoms with E-state index in [0.29, 0.717) is 13.2 Å². The third-order valence-electron chi connectivity index (χ3n) is 2.36. The molecule has 0 aliphatic carbocycles. The minimum Gasteiger partial charge on any atom is -0.374 e. The Morgan fingerprint density at radius 1 is 1.12 bits per heavy atom. The summed E-state index contributed by atoms with van der Waals surface area (Å²) in [5, 5.41) is 0. The first kappa shape index (κ1) is 16.8. The predicted octanol–water partition coefficient (Wildman–Crippen LogP) is 1.10. The van der Waals surface area contributed by atoms with Gasteiger partial charge in [0.2, 0.25) is 0 Å². The van der Waals surface area contributed by atoms with Crippen molar-refractivity contribution in [2.75, 3.05) is 34.5 Å². The number of hydrogen-bond donors (Lipinski definition) is 1. The molecule has 0 radical (unpaired) electrons. The molecule has 0 unspecified atom stereocenters. The van der Waals surface area contributed by atoms with Crippen molar-refractivity contribution in [2.45, 2.75) is 25.9 Å². The van der Waals surface area contributed by atoms with Gasteiger partial charge in [-0.15, -0.1) is 0 Å². The molecule has 102 valence electrons. The van der Waals surface area contributed by atoms with Crippen LogP contribution in [0, 0.1) is 0 Å². The summed E-state index contributed by atoms with van der Waals surface area (Å²) in [6, 6.07) is 0. The van der Waals surface area contributed by atoms with Crippen LogP contribution in [-0.4, -0.2) is 48.9 Å². The third kappa shape index (κ3) is 6.30. The molecule has 0 atom stereocenters. The molecule has 0 aliphatic rings. The van der Waals surface area contributed by atoms with E-state index in [1.807, 2.05) is 25.6 Å². The van der Waals surface area contributed by atoms with Crippen LogP contribution >= 0.6 is 0 Å². The van der Waals surface area contributed by atoms with E-state index in [0.717, 1.165) is 6.42 Å². The molecular weight excluding hydrogens is 238 g/mol. The van der Waals surface area contributed by atoms with Crippen molar-refractivity contribution in [1.82, 2.24) is 0 Å². The van der Waals surface area contributed by atoms with Gasteiger partial charge in [0.05, 0.1) is 5.60 Å². The van der Waals surface area contributed by atoms with E-state index in [1.165, 1.54) is 0 Å². The Morgan fingerprint density at radius 3 is 2.06 bits per heavy atom. The van der Waals surface area contributed by atoms with Crippen molar-refractivity contribution in [1.29, 1.82) is 0 Å². The van der Waals surface area contributed by atoms with Gasteiger partial charge in [0.1, 0.15) is 0 Å². The minimum absolute atomic E-state index is 0.386. The molecule has 0 amide bonds. The zero-order valence-corrected chi connectivity index (χ0v) is 12.5. The Bertz CT molecular complexity index is 221. The molecule has 0 fully saturated rings. The first-order valence-electron chi connectivity index (χ1n) is 5.65. The van der Waals surface area contributed by atoms with Gasteiger partial charge in [0.25, 0.3) is 0 Å². The van der Waals surface area contributed by atoms with Crippen molar-refractivity contribution in [3.8, 4) is 0 Å². The maximum atomic E-state index is 5.69. The van der Waals surface area contributed by atoms with Crippen LogP contribution in [0.5, 0.6) is 0 Å². The van der Waals surface area contributed by atoms with Crippen molar-refractivity contribution >= 4 is 8.80 Å². The van der Waals surface area contributed by atoms with Crippen molar-refractivity contribution in [2.24, 2.45) is 5.73 Å². The molecule has 5 nitrogen and oxygen atoms in total. The fourth-order valence-electron chi connectivity index (χ4n) is 1.22. The van der Waals surface area contributed by atoms with Gasteiger partial charge in [0.15, 0.2) is 0 Å². The van der Waals surface area contributed by atoms with Crippen molar-refractivity contribution < 1.29 is 18.0 Å². The van der Waals surface area contributed by atoms with Crippen molar-refractivity contribution in [3.05, 3.63) is 11.8 Å². The Balaban J connectivity index is 4.44. The summed E-state index contributed by atoms with van der Waals surface area (Å²) >= 11 is 0. The lowest BCUT2D eigenvalue weighted by Crippen LogP contribution is -2.41. The molecular formula is C11H25NO4Si. The molecule has 6 heteroatoms. The van der Waals surface area contributed by atoms with Crippen LogP contribution in [0.15, 0.2) is 11.8 Å². The quantitative estimate of drug-likeness (QED) is 0.498. The van der Waals surface area contributed by atoms with E-state index in [9.17, 15) is 0 Å². The second-order valence-corrected chi connectivity index (χ2v) is 6.91. The van der Waals surface area contributed by atoms with Crippen LogP contribution in [0.3, 0.4) is 0 Å². The highest BCUT2D eigenvalue weighted by Gasteiger charge is 2.35. The van der Waals surface area contributed by atoms with Gasteiger partial charge in [-0.25, -0.2) is 0 Å². The lowest BCUT2D eigenvalue weighted by molar-refractivity contribution is 0.0188. The lowest BCUT2D eigenvalue weighted by Gasteiger charge is -2.25. The largest absolute Gasteiger partial charge is 0.528 e.